The first kappa shape index (κ1) is 20.2. The van der Waals surface area contributed by atoms with Gasteiger partial charge in [0, 0.05) is 23.9 Å². The predicted molar refractivity (Wildman–Crippen MR) is 116 cm³/mol. The van der Waals surface area contributed by atoms with Crippen LogP contribution in [0.1, 0.15) is 0 Å². The van der Waals surface area contributed by atoms with Gasteiger partial charge in [-0.2, -0.15) is 0 Å². The molecule has 154 valence electrons. The number of sulfonamides is 1. The second kappa shape index (κ2) is 7.66. The molecule has 1 aromatic heterocycles. The van der Waals surface area contributed by atoms with E-state index in [1.807, 2.05) is 30.3 Å². The fraction of sp³-hybridized carbons (Fsp3) is 0.0952. The Balaban J connectivity index is 1.85. The molecule has 1 heterocycles. The lowest BCUT2D eigenvalue weighted by molar-refractivity contribution is 0.599. The number of halogens is 1. The molecule has 4 rings (SSSR count). The maximum absolute atomic E-state index is 13.2. The van der Waals surface area contributed by atoms with Crippen molar-refractivity contribution in [2.45, 2.75) is 14.7 Å². The Hall–Kier alpha value is -3.04. The van der Waals surface area contributed by atoms with Gasteiger partial charge in [-0.3, -0.25) is 13.9 Å². The summed E-state index contributed by atoms with van der Waals surface area (Å²) in [6.07, 6.45) is 0. The molecule has 0 saturated carbocycles. The van der Waals surface area contributed by atoms with E-state index in [0.29, 0.717) is 21.6 Å². The summed E-state index contributed by atoms with van der Waals surface area (Å²) in [7, 11) is -0.651. The number of rotatable bonds is 5. The van der Waals surface area contributed by atoms with Crippen molar-refractivity contribution in [2.75, 3.05) is 4.72 Å². The van der Waals surface area contributed by atoms with E-state index >= 15 is 0 Å². The Labute approximate surface area is 177 Å². The summed E-state index contributed by atoms with van der Waals surface area (Å²) in [5, 5.41) is 0. The van der Waals surface area contributed by atoms with Gasteiger partial charge in [-0.05, 0) is 48.5 Å². The zero-order valence-corrected chi connectivity index (χ0v) is 17.8. The largest absolute Gasteiger partial charge is 0.328 e. The number of benzene rings is 3. The minimum Gasteiger partial charge on any atom is -0.295 e. The van der Waals surface area contributed by atoms with Crippen molar-refractivity contribution in [3.05, 3.63) is 83.0 Å². The number of hydrogen-bond acceptors (Lipinski definition) is 4. The minimum absolute atomic E-state index is 0.0541. The molecule has 30 heavy (non-hydrogen) atoms. The highest BCUT2D eigenvalue weighted by molar-refractivity contribution is 7.99. The highest BCUT2D eigenvalue weighted by Crippen LogP contribution is 2.37. The second-order valence-electron chi connectivity index (χ2n) is 6.71. The van der Waals surface area contributed by atoms with E-state index in [1.165, 1.54) is 33.0 Å². The van der Waals surface area contributed by atoms with Crippen LogP contribution in [0.25, 0.3) is 11.0 Å². The Kier molecular flexibility index (Phi) is 5.17. The number of hydrogen-bond donors (Lipinski definition) is 1. The van der Waals surface area contributed by atoms with E-state index in [2.05, 4.69) is 4.72 Å². The third kappa shape index (κ3) is 3.73. The third-order valence-electron chi connectivity index (χ3n) is 4.71. The number of fused-ring (bicyclic) bond motifs is 1. The zero-order chi connectivity index (χ0) is 21.5. The first-order valence-corrected chi connectivity index (χ1v) is 11.3. The molecule has 0 bridgehead atoms. The van der Waals surface area contributed by atoms with Crippen molar-refractivity contribution in [3.8, 4) is 0 Å². The Morgan fingerprint density at radius 3 is 2.13 bits per heavy atom. The molecular weight excluding hydrogens is 425 g/mol. The molecule has 0 unspecified atom stereocenters. The van der Waals surface area contributed by atoms with Crippen LogP contribution in [0.5, 0.6) is 0 Å². The summed E-state index contributed by atoms with van der Waals surface area (Å²) in [6.45, 7) is 0. The van der Waals surface area contributed by atoms with Gasteiger partial charge in [0.2, 0.25) is 0 Å². The van der Waals surface area contributed by atoms with Crippen LogP contribution >= 0.6 is 11.8 Å². The summed E-state index contributed by atoms with van der Waals surface area (Å²) >= 11 is 1.38. The SMILES string of the molecule is Cn1c(=O)n(C)c2cc(Sc3ccccc3)c(NS(=O)(=O)c3ccc(F)cc3)cc21. The van der Waals surface area contributed by atoms with E-state index in [0.717, 1.165) is 17.0 Å². The maximum Gasteiger partial charge on any atom is 0.328 e. The van der Waals surface area contributed by atoms with Gasteiger partial charge in [0.25, 0.3) is 10.0 Å². The molecule has 0 radical (unpaired) electrons. The normalized spacial score (nSPS) is 11.7. The molecule has 0 atom stereocenters. The van der Waals surface area contributed by atoms with Gasteiger partial charge in [0.1, 0.15) is 5.82 Å². The third-order valence-corrected chi connectivity index (χ3v) is 7.16. The molecule has 6 nitrogen and oxygen atoms in total. The summed E-state index contributed by atoms with van der Waals surface area (Å²) < 4.78 is 44.6. The fourth-order valence-corrected chi connectivity index (χ4v) is 5.20. The Morgan fingerprint density at radius 1 is 0.900 bits per heavy atom. The summed E-state index contributed by atoms with van der Waals surface area (Å²) in [6, 6.07) is 17.5. The molecule has 0 fully saturated rings. The summed E-state index contributed by atoms with van der Waals surface area (Å²) in [5.74, 6) is -0.519. The number of imidazole rings is 1. The molecule has 0 amide bonds. The number of nitrogens with one attached hydrogen (secondary N) is 1. The first-order chi connectivity index (χ1) is 14.3. The van der Waals surface area contributed by atoms with E-state index in [4.69, 9.17) is 0 Å². The predicted octanol–water partition coefficient (Wildman–Crippen LogP) is 3.97. The topological polar surface area (TPSA) is 73.1 Å². The lowest BCUT2D eigenvalue weighted by atomic mass is 10.3. The van der Waals surface area contributed by atoms with Crippen molar-refractivity contribution in [3.63, 3.8) is 0 Å². The average Bonchev–Trinajstić information content (AvgIpc) is 2.93. The quantitative estimate of drug-likeness (QED) is 0.507. The summed E-state index contributed by atoms with van der Waals surface area (Å²) in [5.41, 5.74) is 1.41. The lowest BCUT2D eigenvalue weighted by Crippen LogP contribution is -2.19. The van der Waals surface area contributed by atoms with Gasteiger partial charge in [0.05, 0.1) is 21.6 Å². The van der Waals surface area contributed by atoms with Gasteiger partial charge in [-0.25, -0.2) is 17.6 Å². The van der Waals surface area contributed by atoms with Crippen LogP contribution in [0, 0.1) is 5.82 Å². The van der Waals surface area contributed by atoms with Crippen LogP contribution in [0.3, 0.4) is 0 Å². The van der Waals surface area contributed by atoms with Gasteiger partial charge in [-0.1, -0.05) is 30.0 Å². The molecule has 0 spiro atoms. The van der Waals surface area contributed by atoms with Crippen LogP contribution in [0.4, 0.5) is 10.1 Å². The second-order valence-corrected chi connectivity index (χ2v) is 9.51. The van der Waals surface area contributed by atoms with Crippen molar-refractivity contribution in [2.24, 2.45) is 14.1 Å². The van der Waals surface area contributed by atoms with Crippen LogP contribution in [0.2, 0.25) is 0 Å². The highest BCUT2D eigenvalue weighted by Gasteiger charge is 2.19. The molecule has 0 aliphatic rings. The van der Waals surface area contributed by atoms with Crippen molar-refractivity contribution in [1.82, 2.24) is 9.13 Å². The lowest BCUT2D eigenvalue weighted by Gasteiger charge is -2.14. The number of aromatic nitrogens is 2. The van der Waals surface area contributed by atoms with Gasteiger partial charge >= 0.3 is 5.69 Å². The standard InChI is InChI=1S/C21H18FN3O3S2/c1-24-18-12-17(23-30(27,28)16-10-8-14(22)9-11-16)20(13-19(18)25(2)21(24)26)29-15-6-4-3-5-7-15/h3-13,23H,1-2H3. The zero-order valence-electron chi connectivity index (χ0n) is 16.2. The van der Waals surface area contributed by atoms with Crippen LogP contribution in [-0.2, 0) is 24.1 Å². The maximum atomic E-state index is 13.2. The first-order valence-electron chi connectivity index (χ1n) is 8.97. The fourth-order valence-electron chi connectivity index (χ4n) is 3.12. The summed E-state index contributed by atoms with van der Waals surface area (Å²) in [4.78, 5) is 13.9. The van der Waals surface area contributed by atoms with Gasteiger partial charge in [-0.15, -0.1) is 0 Å². The molecule has 3 aromatic carbocycles. The molecular formula is C21H18FN3O3S2. The average molecular weight is 444 g/mol. The Morgan fingerprint density at radius 2 is 1.50 bits per heavy atom. The van der Waals surface area contributed by atoms with Crippen LogP contribution in [0.15, 0.2) is 86.2 Å². The van der Waals surface area contributed by atoms with E-state index in [1.54, 1.807) is 26.2 Å². The van der Waals surface area contributed by atoms with Crippen LogP contribution in [-0.4, -0.2) is 17.6 Å². The smallest absolute Gasteiger partial charge is 0.295 e. The monoisotopic (exact) mass is 443 g/mol. The molecule has 0 aliphatic carbocycles. The molecule has 4 aromatic rings. The minimum atomic E-state index is -3.95. The highest BCUT2D eigenvalue weighted by atomic mass is 32.2. The molecule has 0 aliphatic heterocycles. The Bertz CT molecular complexity index is 1390. The number of nitrogens with zero attached hydrogens (tertiary/aromatic N) is 2. The van der Waals surface area contributed by atoms with E-state index in [-0.39, 0.29) is 10.6 Å². The number of anilines is 1. The van der Waals surface area contributed by atoms with Crippen molar-refractivity contribution >= 4 is 38.5 Å². The molecule has 0 saturated heterocycles. The van der Waals surface area contributed by atoms with Gasteiger partial charge < -0.3 is 0 Å². The van der Waals surface area contributed by atoms with Crippen molar-refractivity contribution < 1.29 is 12.8 Å². The van der Waals surface area contributed by atoms with E-state index < -0.39 is 15.8 Å². The molecule has 9 heteroatoms. The number of aryl methyl sites for hydroxylation is 2. The van der Waals surface area contributed by atoms with Crippen molar-refractivity contribution in [1.29, 1.82) is 0 Å². The van der Waals surface area contributed by atoms with Crippen LogP contribution < -0.4 is 10.4 Å². The van der Waals surface area contributed by atoms with Gasteiger partial charge in [0.15, 0.2) is 0 Å². The van der Waals surface area contributed by atoms with E-state index in [9.17, 15) is 17.6 Å². The molecule has 1 N–H and O–H groups in total.